The fourth-order valence-electron chi connectivity index (χ4n) is 1.91. The Hall–Kier alpha value is -2.08. The molecule has 0 aliphatic heterocycles. The summed E-state index contributed by atoms with van der Waals surface area (Å²) in [4.78, 5) is 25.1. The zero-order valence-corrected chi connectivity index (χ0v) is 11.6. The molecule has 0 N–H and O–H groups in total. The van der Waals surface area contributed by atoms with E-state index in [-0.39, 0.29) is 5.56 Å². The van der Waals surface area contributed by atoms with Gasteiger partial charge in [0.25, 0.3) is 5.56 Å². The number of benzene rings is 1. The minimum absolute atomic E-state index is 0.171. The maximum atomic E-state index is 12.5. The summed E-state index contributed by atoms with van der Waals surface area (Å²) >= 11 is 3.36. The van der Waals surface area contributed by atoms with Crippen LogP contribution in [0.4, 0.5) is 0 Å². The summed E-state index contributed by atoms with van der Waals surface area (Å²) in [5.41, 5.74) is 0.493. The van der Waals surface area contributed by atoms with Gasteiger partial charge in [-0.05, 0) is 31.2 Å². The van der Waals surface area contributed by atoms with Crippen molar-refractivity contribution in [3.8, 4) is 5.95 Å². The highest BCUT2D eigenvalue weighted by molar-refractivity contribution is 9.10. The molecule has 0 fully saturated rings. The number of aromatic nitrogens is 4. The van der Waals surface area contributed by atoms with Gasteiger partial charge in [-0.25, -0.2) is 19.5 Å². The van der Waals surface area contributed by atoms with E-state index in [0.717, 1.165) is 4.47 Å². The molecular weight excluding hydrogens is 308 g/mol. The van der Waals surface area contributed by atoms with Crippen LogP contribution < -0.4 is 5.56 Å². The van der Waals surface area contributed by atoms with Crippen LogP contribution in [0.1, 0.15) is 5.82 Å². The normalized spacial score (nSPS) is 10.8. The summed E-state index contributed by atoms with van der Waals surface area (Å²) in [6.07, 6.45) is 3.19. The summed E-state index contributed by atoms with van der Waals surface area (Å²) in [5, 5.41) is 0.535. The van der Waals surface area contributed by atoms with Crippen LogP contribution in [0.25, 0.3) is 16.9 Å². The van der Waals surface area contributed by atoms with Crippen LogP contribution in [-0.2, 0) is 0 Å². The third-order valence-electron chi connectivity index (χ3n) is 2.75. The molecule has 0 amide bonds. The van der Waals surface area contributed by atoms with E-state index >= 15 is 0 Å². The maximum absolute atomic E-state index is 12.5. The first kappa shape index (κ1) is 12.0. The van der Waals surface area contributed by atoms with Crippen LogP contribution in [0.15, 0.2) is 45.9 Å². The van der Waals surface area contributed by atoms with E-state index < -0.39 is 0 Å². The van der Waals surface area contributed by atoms with Gasteiger partial charge in [-0.2, -0.15) is 0 Å². The second-order valence-electron chi connectivity index (χ2n) is 4.01. The van der Waals surface area contributed by atoms with Gasteiger partial charge in [0.1, 0.15) is 5.82 Å². The maximum Gasteiger partial charge on any atom is 0.268 e. The van der Waals surface area contributed by atoms with Crippen molar-refractivity contribution >= 4 is 26.8 Å². The highest BCUT2D eigenvalue weighted by Crippen LogP contribution is 2.16. The lowest BCUT2D eigenvalue weighted by molar-refractivity contribution is 0.826. The van der Waals surface area contributed by atoms with Gasteiger partial charge < -0.3 is 0 Å². The van der Waals surface area contributed by atoms with Crippen molar-refractivity contribution in [2.24, 2.45) is 0 Å². The predicted octanol–water partition coefficient (Wildman–Crippen LogP) is 2.25. The molecule has 0 saturated carbocycles. The van der Waals surface area contributed by atoms with Crippen LogP contribution in [0, 0.1) is 6.92 Å². The largest absolute Gasteiger partial charge is 0.268 e. The molecule has 0 bridgehead atoms. The van der Waals surface area contributed by atoms with Crippen molar-refractivity contribution < 1.29 is 0 Å². The zero-order chi connectivity index (χ0) is 13.4. The smallest absolute Gasteiger partial charge is 0.268 e. The molecule has 19 heavy (non-hydrogen) atoms. The van der Waals surface area contributed by atoms with Crippen LogP contribution >= 0.6 is 15.9 Å². The van der Waals surface area contributed by atoms with Gasteiger partial charge in [0.15, 0.2) is 0 Å². The van der Waals surface area contributed by atoms with Crippen LogP contribution in [0.5, 0.6) is 0 Å². The molecule has 1 aromatic carbocycles. The molecule has 0 radical (unpaired) electrons. The molecule has 0 aliphatic carbocycles. The Morgan fingerprint density at radius 3 is 2.68 bits per heavy atom. The van der Waals surface area contributed by atoms with E-state index in [1.54, 1.807) is 31.5 Å². The molecule has 3 rings (SSSR count). The van der Waals surface area contributed by atoms with Crippen LogP contribution in [0.3, 0.4) is 0 Å². The van der Waals surface area contributed by atoms with Gasteiger partial charge in [0.05, 0.1) is 10.9 Å². The van der Waals surface area contributed by atoms with E-state index in [1.165, 1.54) is 4.57 Å². The topological polar surface area (TPSA) is 60.7 Å². The van der Waals surface area contributed by atoms with Gasteiger partial charge in [-0.3, -0.25) is 4.79 Å². The Balaban J connectivity index is 2.41. The molecule has 0 aliphatic rings. The average Bonchev–Trinajstić information content (AvgIpc) is 2.41. The molecule has 0 spiro atoms. The Morgan fingerprint density at radius 2 is 1.95 bits per heavy atom. The Bertz CT molecular complexity index is 814. The fourth-order valence-corrected chi connectivity index (χ4v) is 2.27. The lowest BCUT2D eigenvalue weighted by Gasteiger charge is -2.08. The third-order valence-corrected chi connectivity index (χ3v) is 3.24. The Labute approximate surface area is 117 Å². The average molecular weight is 317 g/mol. The molecule has 94 valence electrons. The van der Waals surface area contributed by atoms with Crippen LogP contribution in [-0.4, -0.2) is 19.5 Å². The number of hydrogen-bond acceptors (Lipinski definition) is 4. The van der Waals surface area contributed by atoms with Gasteiger partial charge in [-0.15, -0.1) is 0 Å². The third kappa shape index (κ3) is 2.04. The summed E-state index contributed by atoms with van der Waals surface area (Å²) in [5.74, 6) is 0.894. The number of rotatable bonds is 1. The van der Waals surface area contributed by atoms with Crippen molar-refractivity contribution in [1.82, 2.24) is 19.5 Å². The molecular formula is C13H9BrN4O. The number of hydrogen-bond donors (Lipinski definition) is 0. The van der Waals surface area contributed by atoms with E-state index in [1.807, 2.05) is 12.1 Å². The lowest BCUT2D eigenvalue weighted by Crippen LogP contribution is -2.24. The van der Waals surface area contributed by atoms with Gasteiger partial charge in [0, 0.05) is 16.9 Å². The Morgan fingerprint density at radius 1 is 1.21 bits per heavy atom. The first-order chi connectivity index (χ1) is 9.16. The van der Waals surface area contributed by atoms with E-state index in [2.05, 4.69) is 30.9 Å². The van der Waals surface area contributed by atoms with Crippen LogP contribution in [0.2, 0.25) is 0 Å². The number of aryl methyl sites for hydroxylation is 1. The molecule has 6 heteroatoms. The second-order valence-corrected chi connectivity index (χ2v) is 4.93. The number of nitrogens with zero attached hydrogens (tertiary/aromatic N) is 4. The molecule has 0 unspecified atom stereocenters. The minimum atomic E-state index is -0.171. The van der Waals surface area contributed by atoms with Crippen molar-refractivity contribution in [1.29, 1.82) is 0 Å². The zero-order valence-electron chi connectivity index (χ0n) is 10.0. The molecule has 0 saturated heterocycles. The van der Waals surface area contributed by atoms with Crippen molar-refractivity contribution in [2.75, 3.05) is 0 Å². The number of halogens is 1. The summed E-state index contributed by atoms with van der Waals surface area (Å²) < 4.78 is 2.25. The highest BCUT2D eigenvalue weighted by atomic mass is 79.9. The first-order valence-electron chi connectivity index (χ1n) is 5.63. The minimum Gasteiger partial charge on any atom is -0.268 e. The fraction of sp³-hybridized carbons (Fsp3) is 0.0769. The molecule has 3 aromatic rings. The molecule has 0 atom stereocenters. The van der Waals surface area contributed by atoms with Gasteiger partial charge in [-0.1, -0.05) is 15.9 Å². The van der Waals surface area contributed by atoms with Gasteiger partial charge >= 0.3 is 0 Å². The first-order valence-corrected chi connectivity index (χ1v) is 6.42. The van der Waals surface area contributed by atoms with Crippen molar-refractivity contribution in [3.05, 3.63) is 57.3 Å². The molecule has 2 heterocycles. The predicted molar refractivity (Wildman–Crippen MR) is 75.4 cm³/mol. The van der Waals surface area contributed by atoms with E-state index in [4.69, 9.17) is 0 Å². The van der Waals surface area contributed by atoms with E-state index in [9.17, 15) is 4.79 Å². The highest BCUT2D eigenvalue weighted by Gasteiger charge is 2.11. The Kier molecular flexibility index (Phi) is 2.87. The SMILES string of the molecule is Cc1nc2ccc(Br)cc2c(=O)n1-c1ncccn1. The standard InChI is InChI=1S/C13H9BrN4O/c1-8-17-11-4-3-9(14)7-10(11)12(19)18(8)13-15-5-2-6-16-13/h2-7H,1H3. The summed E-state index contributed by atoms with van der Waals surface area (Å²) in [7, 11) is 0. The molecule has 5 nitrogen and oxygen atoms in total. The molecule has 2 aromatic heterocycles. The number of fused-ring (bicyclic) bond motifs is 1. The van der Waals surface area contributed by atoms with E-state index in [0.29, 0.717) is 22.7 Å². The van der Waals surface area contributed by atoms with Crippen molar-refractivity contribution in [3.63, 3.8) is 0 Å². The lowest BCUT2D eigenvalue weighted by atomic mass is 10.2. The van der Waals surface area contributed by atoms with Gasteiger partial charge in [0.2, 0.25) is 5.95 Å². The summed E-state index contributed by atoms with van der Waals surface area (Å²) in [6.45, 7) is 1.76. The monoisotopic (exact) mass is 316 g/mol. The van der Waals surface area contributed by atoms with Crippen molar-refractivity contribution in [2.45, 2.75) is 6.92 Å². The summed E-state index contributed by atoms with van der Waals surface area (Å²) in [6, 6.07) is 7.13. The second kappa shape index (κ2) is 4.55. The quantitative estimate of drug-likeness (QED) is 0.691.